The lowest BCUT2D eigenvalue weighted by atomic mass is 10.4. The Bertz CT molecular complexity index is 358. The first-order valence-electron chi connectivity index (χ1n) is 6.23. The summed E-state index contributed by atoms with van der Waals surface area (Å²) in [5, 5.41) is 15.3. The van der Waals surface area contributed by atoms with E-state index in [2.05, 4.69) is 20.6 Å². The Hall–Kier alpha value is -1.40. The molecule has 3 N–H and O–H groups in total. The lowest BCUT2D eigenvalue weighted by Gasteiger charge is -2.09. The number of nitrogens with one attached hydrogen (secondary N) is 2. The molecule has 6 nitrogen and oxygen atoms in total. The summed E-state index contributed by atoms with van der Waals surface area (Å²) >= 11 is 0. The molecule has 0 spiro atoms. The Kier molecular flexibility index (Phi) is 6.38. The monoisotopic (exact) mass is 254 g/mol. The number of hydrogen-bond acceptors (Lipinski definition) is 6. The zero-order chi connectivity index (χ0) is 13.4. The highest BCUT2D eigenvalue weighted by Crippen LogP contribution is 2.11. The van der Waals surface area contributed by atoms with Gasteiger partial charge in [0, 0.05) is 31.4 Å². The van der Waals surface area contributed by atoms with Crippen molar-refractivity contribution in [1.82, 2.24) is 15.3 Å². The first kappa shape index (κ1) is 14.7. The third kappa shape index (κ3) is 5.79. The van der Waals surface area contributed by atoms with E-state index in [1.165, 1.54) is 0 Å². The Labute approximate surface area is 108 Å². The van der Waals surface area contributed by atoms with Crippen LogP contribution in [0.4, 0.5) is 5.95 Å². The maximum atomic E-state index is 9.08. The molecule has 1 rings (SSSR count). The van der Waals surface area contributed by atoms with Crippen molar-refractivity contribution in [2.24, 2.45) is 0 Å². The molecule has 1 atom stereocenters. The van der Waals surface area contributed by atoms with E-state index in [1.54, 1.807) is 13.0 Å². The van der Waals surface area contributed by atoms with Gasteiger partial charge in [0.2, 0.25) is 11.8 Å². The fourth-order valence-corrected chi connectivity index (χ4v) is 1.41. The van der Waals surface area contributed by atoms with Gasteiger partial charge in [0.1, 0.15) is 0 Å². The Morgan fingerprint density at radius 2 is 2.17 bits per heavy atom. The summed E-state index contributed by atoms with van der Waals surface area (Å²) in [6, 6.07) is 1.81. The Balaban J connectivity index is 2.37. The van der Waals surface area contributed by atoms with Crippen LogP contribution in [-0.4, -0.2) is 47.4 Å². The van der Waals surface area contributed by atoms with Crippen molar-refractivity contribution >= 4 is 5.95 Å². The van der Waals surface area contributed by atoms with Gasteiger partial charge in [-0.15, -0.1) is 0 Å². The average molecular weight is 254 g/mol. The molecule has 0 fully saturated rings. The van der Waals surface area contributed by atoms with Crippen molar-refractivity contribution in [3.05, 3.63) is 11.8 Å². The topological polar surface area (TPSA) is 79.3 Å². The van der Waals surface area contributed by atoms with E-state index in [4.69, 9.17) is 9.84 Å². The third-order valence-corrected chi connectivity index (χ3v) is 2.15. The number of aryl methyl sites for hydroxylation is 1. The molecule has 0 amide bonds. The van der Waals surface area contributed by atoms with Gasteiger partial charge in [-0.3, -0.25) is 0 Å². The number of rotatable bonds is 8. The maximum Gasteiger partial charge on any atom is 0.226 e. The molecule has 0 saturated heterocycles. The van der Waals surface area contributed by atoms with Crippen LogP contribution < -0.4 is 15.4 Å². The lowest BCUT2D eigenvalue weighted by molar-refractivity contribution is 0.192. The summed E-state index contributed by atoms with van der Waals surface area (Å²) in [4.78, 5) is 8.50. The quantitative estimate of drug-likeness (QED) is 0.588. The van der Waals surface area contributed by atoms with Gasteiger partial charge >= 0.3 is 0 Å². The van der Waals surface area contributed by atoms with E-state index in [0.29, 0.717) is 31.5 Å². The van der Waals surface area contributed by atoms with E-state index in [-0.39, 0.29) is 6.10 Å². The van der Waals surface area contributed by atoms with Crippen LogP contribution in [0.15, 0.2) is 6.07 Å². The molecule has 18 heavy (non-hydrogen) atoms. The van der Waals surface area contributed by atoms with Crippen molar-refractivity contribution in [2.75, 3.05) is 31.6 Å². The molecular formula is C12H22N4O2. The SMILES string of the molecule is CCOc1cc(C)nc(NCCNCC(C)O)n1. The van der Waals surface area contributed by atoms with E-state index in [0.717, 1.165) is 12.2 Å². The molecule has 1 aromatic heterocycles. The van der Waals surface area contributed by atoms with Gasteiger partial charge in [0.05, 0.1) is 12.7 Å². The molecule has 1 unspecified atom stereocenters. The van der Waals surface area contributed by atoms with Crippen molar-refractivity contribution in [2.45, 2.75) is 26.9 Å². The van der Waals surface area contributed by atoms with Crippen LogP contribution in [0, 0.1) is 6.92 Å². The zero-order valence-corrected chi connectivity index (χ0v) is 11.2. The molecule has 1 heterocycles. The summed E-state index contributed by atoms with van der Waals surface area (Å²) in [5.74, 6) is 1.15. The molecule has 0 aliphatic heterocycles. The molecule has 0 radical (unpaired) electrons. The molecule has 1 aromatic rings. The lowest BCUT2D eigenvalue weighted by Crippen LogP contribution is -2.29. The van der Waals surface area contributed by atoms with Crippen LogP contribution in [-0.2, 0) is 0 Å². The second kappa shape index (κ2) is 7.84. The van der Waals surface area contributed by atoms with E-state index < -0.39 is 0 Å². The summed E-state index contributed by atoms with van der Waals surface area (Å²) in [6.07, 6.45) is -0.329. The number of anilines is 1. The smallest absolute Gasteiger partial charge is 0.226 e. The van der Waals surface area contributed by atoms with Crippen LogP contribution >= 0.6 is 0 Å². The van der Waals surface area contributed by atoms with Crippen molar-refractivity contribution < 1.29 is 9.84 Å². The minimum absolute atomic E-state index is 0.329. The normalized spacial score (nSPS) is 12.2. The van der Waals surface area contributed by atoms with Crippen LogP contribution in [0.3, 0.4) is 0 Å². The molecule has 0 aliphatic rings. The third-order valence-electron chi connectivity index (χ3n) is 2.15. The van der Waals surface area contributed by atoms with Crippen molar-refractivity contribution in [1.29, 1.82) is 0 Å². The second-order valence-electron chi connectivity index (χ2n) is 4.08. The number of aliphatic hydroxyl groups excluding tert-OH is 1. The number of nitrogens with zero attached hydrogens (tertiary/aromatic N) is 2. The molecular weight excluding hydrogens is 232 g/mol. The Morgan fingerprint density at radius 1 is 1.39 bits per heavy atom. The van der Waals surface area contributed by atoms with Crippen LogP contribution in [0.25, 0.3) is 0 Å². The van der Waals surface area contributed by atoms with Crippen LogP contribution in [0.5, 0.6) is 5.88 Å². The van der Waals surface area contributed by atoms with Gasteiger partial charge in [-0.1, -0.05) is 0 Å². The summed E-state index contributed by atoms with van der Waals surface area (Å²) in [5.41, 5.74) is 0.868. The highest BCUT2D eigenvalue weighted by Gasteiger charge is 2.02. The molecule has 102 valence electrons. The summed E-state index contributed by atoms with van der Waals surface area (Å²) in [6.45, 7) is 8.18. The number of aliphatic hydroxyl groups is 1. The summed E-state index contributed by atoms with van der Waals surface area (Å²) in [7, 11) is 0. The zero-order valence-electron chi connectivity index (χ0n) is 11.2. The highest BCUT2D eigenvalue weighted by atomic mass is 16.5. The average Bonchev–Trinajstić information content (AvgIpc) is 2.28. The van der Waals surface area contributed by atoms with Crippen LogP contribution in [0.1, 0.15) is 19.5 Å². The molecule has 0 bridgehead atoms. The fraction of sp³-hybridized carbons (Fsp3) is 0.667. The van der Waals surface area contributed by atoms with Crippen molar-refractivity contribution in [3.63, 3.8) is 0 Å². The Morgan fingerprint density at radius 3 is 2.83 bits per heavy atom. The van der Waals surface area contributed by atoms with E-state index >= 15 is 0 Å². The standard InChI is InChI=1S/C12H22N4O2/c1-4-18-11-7-9(2)15-12(16-11)14-6-5-13-8-10(3)17/h7,10,13,17H,4-6,8H2,1-3H3,(H,14,15,16). The predicted molar refractivity (Wildman–Crippen MR) is 71.0 cm³/mol. The van der Waals surface area contributed by atoms with Gasteiger partial charge in [-0.2, -0.15) is 4.98 Å². The van der Waals surface area contributed by atoms with Gasteiger partial charge in [-0.25, -0.2) is 4.98 Å². The fourth-order valence-electron chi connectivity index (χ4n) is 1.41. The van der Waals surface area contributed by atoms with E-state index in [1.807, 2.05) is 13.8 Å². The molecule has 6 heteroatoms. The first-order chi connectivity index (χ1) is 8.61. The number of ether oxygens (including phenoxy) is 1. The summed E-state index contributed by atoms with van der Waals surface area (Å²) < 4.78 is 5.35. The van der Waals surface area contributed by atoms with Gasteiger partial charge in [0.25, 0.3) is 0 Å². The largest absolute Gasteiger partial charge is 0.478 e. The van der Waals surface area contributed by atoms with E-state index in [9.17, 15) is 0 Å². The van der Waals surface area contributed by atoms with Crippen molar-refractivity contribution in [3.8, 4) is 5.88 Å². The number of aromatic nitrogens is 2. The number of hydrogen-bond donors (Lipinski definition) is 3. The predicted octanol–water partition coefficient (Wildman–Crippen LogP) is 0.566. The van der Waals surface area contributed by atoms with Crippen LogP contribution in [0.2, 0.25) is 0 Å². The minimum Gasteiger partial charge on any atom is -0.478 e. The first-order valence-corrected chi connectivity index (χ1v) is 6.23. The molecule has 0 saturated carbocycles. The van der Waals surface area contributed by atoms with Gasteiger partial charge in [-0.05, 0) is 20.8 Å². The van der Waals surface area contributed by atoms with Gasteiger partial charge in [0.15, 0.2) is 0 Å². The molecule has 0 aromatic carbocycles. The second-order valence-corrected chi connectivity index (χ2v) is 4.08. The molecule has 0 aliphatic carbocycles. The maximum absolute atomic E-state index is 9.08. The van der Waals surface area contributed by atoms with Gasteiger partial charge < -0.3 is 20.5 Å². The minimum atomic E-state index is -0.329. The highest BCUT2D eigenvalue weighted by molar-refractivity contribution is 5.30.